The Morgan fingerprint density at radius 1 is 1.07 bits per heavy atom. The largest absolute Gasteiger partial charge is 0.321 e. The van der Waals surface area contributed by atoms with E-state index in [1.54, 1.807) is 23.3 Å². The number of benzene rings is 1. The fourth-order valence-corrected chi connectivity index (χ4v) is 3.23. The summed E-state index contributed by atoms with van der Waals surface area (Å²) in [6, 6.07) is 9.87. The van der Waals surface area contributed by atoms with Crippen molar-refractivity contribution < 1.29 is 0 Å². The zero-order valence-corrected chi connectivity index (χ0v) is 16.8. The topological polar surface area (TPSA) is 99.2 Å². The molecule has 0 atom stereocenters. The summed E-state index contributed by atoms with van der Waals surface area (Å²) in [7, 11) is 0. The molecule has 0 aliphatic carbocycles. The third-order valence-corrected chi connectivity index (χ3v) is 4.85. The van der Waals surface area contributed by atoms with Crippen LogP contribution in [-0.2, 0) is 6.54 Å². The highest BCUT2D eigenvalue weighted by Gasteiger charge is 2.11. The summed E-state index contributed by atoms with van der Waals surface area (Å²) in [5.41, 5.74) is 3.89. The van der Waals surface area contributed by atoms with E-state index in [0.717, 1.165) is 35.2 Å². The first-order chi connectivity index (χ1) is 14.7. The summed E-state index contributed by atoms with van der Waals surface area (Å²) in [4.78, 5) is 13.4. The zero-order valence-electron chi connectivity index (χ0n) is 16.8. The highest BCUT2D eigenvalue weighted by atomic mass is 15.4. The number of fused-ring (bicyclic) bond motifs is 2. The van der Waals surface area contributed by atoms with E-state index in [0.29, 0.717) is 23.0 Å². The van der Waals surface area contributed by atoms with E-state index in [1.807, 2.05) is 41.2 Å². The predicted molar refractivity (Wildman–Crippen MR) is 115 cm³/mol. The molecule has 0 aliphatic heterocycles. The number of pyridine rings is 1. The van der Waals surface area contributed by atoms with Crippen molar-refractivity contribution in [2.45, 2.75) is 26.8 Å². The summed E-state index contributed by atoms with van der Waals surface area (Å²) in [6.45, 7) is 5.29. The van der Waals surface area contributed by atoms with E-state index in [2.05, 4.69) is 49.5 Å². The van der Waals surface area contributed by atoms with Crippen molar-refractivity contribution in [1.29, 1.82) is 0 Å². The summed E-state index contributed by atoms with van der Waals surface area (Å²) in [5, 5.41) is 17.1. The SMILES string of the molecule is CC(C)CCn1cc(Nc2ncc3nnn(-c4ccc5ncccc5c4)c3n2)cn1. The molecule has 0 unspecified atom stereocenters. The summed E-state index contributed by atoms with van der Waals surface area (Å²) in [6.07, 6.45) is 8.26. The monoisotopic (exact) mass is 399 g/mol. The van der Waals surface area contributed by atoms with Gasteiger partial charge >= 0.3 is 0 Å². The lowest BCUT2D eigenvalue weighted by Gasteiger charge is -2.05. The normalized spacial score (nSPS) is 11.6. The molecule has 0 bridgehead atoms. The van der Waals surface area contributed by atoms with Crippen LogP contribution in [0.3, 0.4) is 0 Å². The van der Waals surface area contributed by atoms with Gasteiger partial charge in [-0.25, -0.2) is 4.98 Å². The lowest BCUT2D eigenvalue weighted by atomic mass is 10.1. The number of aryl methyl sites for hydroxylation is 1. The van der Waals surface area contributed by atoms with Crippen molar-refractivity contribution in [3.05, 3.63) is 55.1 Å². The first kappa shape index (κ1) is 18.2. The van der Waals surface area contributed by atoms with Gasteiger partial charge in [0.1, 0.15) is 0 Å². The van der Waals surface area contributed by atoms with Gasteiger partial charge in [-0.15, -0.1) is 5.10 Å². The number of anilines is 2. The lowest BCUT2D eigenvalue weighted by Crippen LogP contribution is -2.02. The molecule has 30 heavy (non-hydrogen) atoms. The van der Waals surface area contributed by atoms with Crippen LogP contribution in [-0.4, -0.2) is 39.7 Å². The molecule has 0 saturated heterocycles. The van der Waals surface area contributed by atoms with Crippen molar-refractivity contribution >= 4 is 33.7 Å². The Hall–Kier alpha value is -3.88. The van der Waals surface area contributed by atoms with E-state index in [9.17, 15) is 0 Å². The minimum atomic E-state index is 0.469. The second-order valence-electron chi connectivity index (χ2n) is 7.58. The molecular formula is C21H21N9. The number of hydrogen-bond donors (Lipinski definition) is 1. The Bertz CT molecular complexity index is 1320. The Labute approximate surface area is 172 Å². The van der Waals surface area contributed by atoms with Crippen molar-refractivity contribution in [2.24, 2.45) is 5.92 Å². The van der Waals surface area contributed by atoms with Crippen molar-refractivity contribution in [1.82, 2.24) is 39.7 Å². The molecule has 0 aliphatic rings. The smallest absolute Gasteiger partial charge is 0.229 e. The van der Waals surface area contributed by atoms with Crippen LogP contribution in [0, 0.1) is 5.92 Å². The van der Waals surface area contributed by atoms with Gasteiger partial charge in [0.15, 0.2) is 11.2 Å². The fourth-order valence-electron chi connectivity index (χ4n) is 3.23. The summed E-state index contributed by atoms with van der Waals surface area (Å²) >= 11 is 0. The Kier molecular flexibility index (Phi) is 4.55. The molecule has 4 aromatic heterocycles. The van der Waals surface area contributed by atoms with Gasteiger partial charge in [-0.1, -0.05) is 25.1 Å². The minimum absolute atomic E-state index is 0.469. The van der Waals surface area contributed by atoms with Crippen molar-refractivity contribution in [3.8, 4) is 5.69 Å². The van der Waals surface area contributed by atoms with Crippen LogP contribution in [0.15, 0.2) is 55.1 Å². The predicted octanol–water partition coefficient (Wildman–Crippen LogP) is 3.74. The number of nitrogens with one attached hydrogen (secondary N) is 1. The average molecular weight is 399 g/mol. The van der Waals surface area contributed by atoms with Crippen LogP contribution in [0.4, 0.5) is 11.6 Å². The van der Waals surface area contributed by atoms with E-state index < -0.39 is 0 Å². The van der Waals surface area contributed by atoms with Crippen LogP contribution in [0.1, 0.15) is 20.3 Å². The molecule has 0 amide bonds. The second-order valence-corrected chi connectivity index (χ2v) is 7.58. The third-order valence-electron chi connectivity index (χ3n) is 4.85. The van der Waals surface area contributed by atoms with Crippen molar-refractivity contribution in [2.75, 3.05) is 5.32 Å². The Balaban J connectivity index is 1.44. The Morgan fingerprint density at radius 3 is 2.90 bits per heavy atom. The molecule has 0 radical (unpaired) electrons. The van der Waals surface area contributed by atoms with Crippen LogP contribution in [0.5, 0.6) is 0 Å². The van der Waals surface area contributed by atoms with Gasteiger partial charge < -0.3 is 5.32 Å². The first-order valence-electron chi connectivity index (χ1n) is 9.89. The molecule has 0 spiro atoms. The zero-order chi connectivity index (χ0) is 20.5. The van der Waals surface area contributed by atoms with Gasteiger partial charge in [0.25, 0.3) is 0 Å². The quantitative estimate of drug-likeness (QED) is 0.464. The average Bonchev–Trinajstić information content (AvgIpc) is 3.38. The van der Waals surface area contributed by atoms with Crippen LogP contribution in [0.2, 0.25) is 0 Å². The van der Waals surface area contributed by atoms with Crippen LogP contribution in [0.25, 0.3) is 27.8 Å². The molecule has 4 heterocycles. The molecular weight excluding hydrogens is 378 g/mol. The first-order valence-corrected chi connectivity index (χ1v) is 9.89. The van der Waals surface area contributed by atoms with E-state index >= 15 is 0 Å². The van der Waals surface area contributed by atoms with Gasteiger partial charge in [0.05, 0.1) is 29.3 Å². The maximum Gasteiger partial charge on any atom is 0.229 e. The van der Waals surface area contributed by atoms with Gasteiger partial charge in [-0.2, -0.15) is 14.8 Å². The van der Waals surface area contributed by atoms with Gasteiger partial charge in [0.2, 0.25) is 5.95 Å². The highest BCUT2D eigenvalue weighted by Crippen LogP contribution is 2.20. The van der Waals surface area contributed by atoms with E-state index in [4.69, 9.17) is 0 Å². The molecule has 9 nitrogen and oxygen atoms in total. The molecule has 1 N–H and O–H groups in total. The summed E-state index contributed by atoms with van der Waals surface area (Å²) in [5.74, 6) is 1.10. The molecule has 1 aromatic carbocycles. The van der Waals surface area contributed by atoms with Crippen LogP contribution < -0.4 is 5.32 Å². The highest BCUT2D eigenvalue weighted by molar-refractivity contribution is 5.81. The number of hydrogen-bond acceptors (Lipinski definition) is 7. The minimum Gasteiger partial charge on any atom is -0.321 e. The lowest BCUT2D eigenvalue weighted by molar-refractivity contribution is 0.487. The van der Waals surface area contributed by atoms with Gasteiger partial charge in [-0.05, 0) is 36.6 Å². The van der Waals surface area contributed by atoms with Gasteiger partial charge in [-0.3, -0.25) is 9.67 Å². The van der Waals surface area contributed by atoms with Gasteiger partial charge in [0, 0.05) is 24.3 Å². The van der Waals surface area contributed by atoms with E-state index in [1.165, 1.54) is 0 Å². The van der Waals surface area contributed by atoms with Crippen LogP contribution >= 0.6 is 0 Å². The number of aromatic nitrogens is 8. The number of rotatable bonds is 6. The summed E-state index contributed by atoms with van der Waals surface area (Å²) < 4.78 is 3.64. The second kappa shape index (κ2) is 7.51. The van der Waals surface area contributed by atoms with Crippen molar-refractivity contribution in [3.63, 3.8) is 0 Å². The standard InChI is InChI=1S/C21H21N9/c1-14(2)7-9-29-13-16(11-24-29)25-21-23-12-19-20(26-21)30(28-27-19)17-5-6-18-15(10-17)4-3-8-22-18/h3-6,8,10-14H,7,9H2,1-2H3,(H,23,25,26). The molecule has 150 valence electrons. The fraction of sp³-hybridized carbons (Fsp3) is 0.238. The molecule has 0 saturated carbocycles. The molecule has 5 aromatic rings. The molecule has 5 rings (SSSR count). The maximum absolute atomic E-state index is 4.63. The third kappa shape index (κ3) is 3.57. The molecule has 9 heteroatoms. The maximum atomic E-state index is 4.63. The molecule has 0 fully saturated rings. The number of nitrogens with zero attached hydrogens (tertiary/aromatic N) is 8. The Morgan fingerprint density at radius 2 is 2.00 bits per heavy atom. The van der Waals surface area contributed by atoms with E-state index in [-0.39, 0.29) is 0 Å².